The van der Waals surface area contributed by atoms with Gasteiger partial charge in [-0.15, -0.1) is 0 Å². The Morgan fingerprint density at radius 2 is 1.94 bits per heavy atom. The molecule has 1 aliphatic carbocycles. The van der Waals surface area contributed by atoms with Crippen LogP contribution in [0.15, 0.2) is 12.1 Å². The average Bonchev–Trinajstić information content (AvgIpc) is 3.08. The molecule has 2 aliphatic rings. The van der Waals surface area contributed by atoms with Crippen LogP contribution in [0.5, 0.6) is 5.75 Å². The molecule has 9 nitrogen and oxygen atoms in total. The second kappa shape index (κ2) is 13.0. The number of aryl methyl sites for hydroxylation is 1. The SMILES string of the molecule is COc1cc(CCCCOC=O)nc(C2CCC(OCC3C(NS(C)(=O)=O)CC(C)N3C)CC2)c1. The molecule has 0 spiro atoms. The normalized spacial score (nSPS) is 27.6. The lowest BCUT2D eigenvalue weighted by Crippen LogP contribution is -2.47. The summed E-state index contributed by atoms with van der Waals surface area (Å²) in [5.41, 5.74) is 2.08. The van der Waals surface area contributed by atoms with E-state index in [9.17, 15) is 13.2 Å². The number of rotatable bonds is 13. The number of nitrogens with zero attached hydrogens (tertiary/aromatic N) is 2. The zero-order valence-corrected chi connectivity index (χ0v) is 22.3. The summed E-state index contributed by atoms with van der Waals surface area (Å²) in [6.45, 7) is 3.57. The average molecular weight is 512 g/mol. The molecule has 1 aliphatic heterocycles. The summed E-state index contributed by atoms with van der Waals surface area (Å²) in [7, 11) is 0.464. The Kier molecular flexibility index (Phi) is 10.3. The van der Waals surface area contributed by atoms with Gasteiger partial charge in [0.05, 0.1) is 32.7 Å². The van der Waals surface area contributed by atoms with Crippen LogP contribution in [0, 0.1) is 0 Å². The fraction of sp³-hybridized carbons (Fsp3) is 0.760. The zero-order valence-electron chi connectivity index (χ0n) is 21.4. The Balaban J connectivity index is 1.52. The fourth-order valence-corrected chi connectivity index (χ4v) is 6.08. The molecule has 3 rings (SSSR count). The van der Waals surface area contributed by atoms with Crippen molar-refractivity contribution in [3.05, 3.63) is 23.5 Å². The van der Waals surface area contributed by atoms with Gasteiger partial charge in [-0.3, -0.25) is 14.7 Å². The van der Waals surface area contributed by atoms with Crippen LogP contribution in [0.3, 0.4) is 0 Å². The number of unbranched alkanes of at least 4 members (excludes halogenated alkanes) is 1. The highest BCUT2D eigenvalue weighted by atomic mass is 32.2. The number of carbonyl (C=O) groups excluding carboxylic acids is 1. The molecule has 1 saturated carbocycles. The van der Waals surface area contributed by atoms with Gasteiger partial charge in [0.1, 0.15) is 5.75 Å². The fourth-order valence-electron chi connectivity index (χ4n) is 5.27. The third-order valence-electron chi connectivity index (χ3n) is 7.36. The summed E-state index contributed by atoms with van der Waals surface area (Å²) in [6, 6.07) is 4.26. The van der Waals surface area contributed by atoms with E-state index in [0.717, 1.165) is 68.5 Å². The molecule has 35 heavy (non-hydrogen) atoms. The molecule has 0 bridgehead atoms. The van der Waals surface area contributed by atoms with Gasteiger partial charge < -0.3 is 14.2 Å². The lowest BCUT2D eigenvalue weighted by Gasteiger charge is -2.32. The van der Waals surface area contributed by atoms with Crippen LogP contribution in [0.25, 0.3) is 0 Å². The highest BCUT2D eigenvalue weighted by Gasteiger charge is 2.39. The molecule has 2 fully saturated rings. The summed E-state index contributed by atoms with van der Waals surface area (Å²) in [6.07, 6.45) is 8.63. The lowest BCUT2D eigenvalue weighted by atomic mass is 9.84. The van der Waals surface area contributed by atoms with Gasteiger partial charge in [0.25, 0.3) is 6.47 Å². The number of methoxy groups -OCH3 is 1. The van der Waals surface area contributed by atoms with Crippen molar-refractivity contribution in [2.75, 3.05) is 33.6 Å². The predicted molar refractivity (Wildman–Crippen MR) is 134 cm³/mol. The molecule has 0 amide bonds. The van der Waals surface area contributed by atoms with E-state index in [1.807, 2.05) is 19.2 Å². The minimum absolute atomic E-state index is 0.0389. The first-order valence-corrected chi connectivity index (χ1v) is 14.5. The molecule has 0 radical (unpaired) electrons. The van der Waals surface area contributed by atoms with E-state index in [2.05, 4.69) is 16.5 Å². The van der Waals surface area contributed by atoms with Crippen molar-refractivity contribution < 1.29 is 27.4 Å². The third kappa shape index (κ3) is 8.41. The first kappa shape index (κ1) is 27.8. The number of likely N-dealkylation sites (tertiary alicyclic amines) is 1. The second-order valence-electron chi connectivity index (χ2n) is 9.97. The quantitative estimate of drug-likeness (QED) is 0.318. The lowest BCUT2D eigenvalue weighted by molar-refractivity contribution is -0.128. The van der Waals surface area contributed by atoms with Gasteiger partial charge in [0.15, 0.2) is 0 Å². The highest BCUT2D eigenvalue weighted by Crippen LogP contribution is 2.35. The van der Waals surface area contributed by atoms with Crippen molar-refractivity contribution in [2.45, 2.75) is 88.4 Å². The molecular formula is C25H41N3O6S. The number of aromatic nitrogens is 1. The van der Waals surface area contributed by atoms with Gasteiger partial charge in [-0.2, -0.15) is 0 Å². The predicted octanol–water partition coefficient (Wildman–Crippen LogP) is 2.64. The largest absolute Gasteiger partial charge is 0.497 e. The second-order valence-corrected chi connectivity index (χ2v) is 11.7. The summed E-state index contributed by atoms with van der Waals surface area (Å²) < 4.78 is 43.0. The summed E-state index contributed by atoms with van der Waals surface area (Å²) in [5.74, 6) is 1.20. The van der Waals surface area contributed by atoms with Crippen LogP contribution < -0.4 is 9.46 Å². The molecule has 198 valence electrons. The van der Waals surface area contributed by atoms with E-state index < -0.39 is 10.0 Å². The van der Waals surface area contributed by atoms with E-state index >= 15 is 0 Å². The number of carbonyl (C=O) groups is 1. The number of sulfonamides is 1. The molecule has 10 heteroatoms. The molecule has 1 N–H and O–H groups in total. The molecular weight excluding hydrogens is 470 g/mol. The maximum atomic E-state index is 11.8. The Hall–Kier alpha value is -1.75. The number of hydrogen-bond donors (Lipinski definition) is 1. The Morgan fingerprint density at radius 1 is 1.20 bits per heavy atom. The molecule has 2 heterocycles. The number of pyridine rings is 1. The number of likely N-dealkylation sites (N-methyl/N-ethyl adjacent to an activating group) is 1. The maximum absolute atomic E-state index is 11.8. The number of nitrogens with one attached hydrogen (secondary N) is 1. The van der Waals surface area contributed by atoms with Crippen LogP contribution in [0.1, 0.15) is 69.2 Å². The minimum atomic E-state index is -3.26. The van der Waals surface area contributed by atoms with Crippen molar-refractivity contribution in [3.8, 4) is 5.75 Å². The molecule has 3 atom stereocenters. The van der Waals surface area contributed by atoms with Crippen molar-refractivity contribution in [2.24, 2.45) is 0 Å². The highest BCUT2D eigenvalue weighted by molar-refractivity contribution is 7.88. The molecule has 1 aromatic rings. The van der Waals surface area contributed by atoms with Crippen LogP contribution in [0.2, 0.25) is 0 Å². The van der Waals surface area contributed by atoms with Gasteiger partial charge in [0.2, 0.25) is 10.0 Å². The monoisotopic (exact) mass is 511 g/mol. The third-order valence-corrected chi connectivity index (χ3v) is 8.09. The van der Waals surface area contributed by atoms with Crippen LogP contribution in [-0.2, 0) is 30.7 Å². The van der Waals surface area contributed by atoms with Crippen molar-refractivity contribution >= 4 is 16.5 Å². The van der Waals surface area contributed by atoms with Crippen molar-refractivity contribution in [1.82, 2.24) is 14.6 Å². The molecule has 3 unspecified atom stereocenters. The van der Waals surface area contributed by atoms with Gasteiger partial charge in [0, 0.05) is 47.6 Å². The summed E-state index contributed by atoms with van der Waals surface area (Å²) in [5, 5.41) is 0. The van der Waals surface area contributed by atoms with Gasteiger partial charge >= 0.3 is 0 Å². The molecule has 1 saturated heterocycles. The van der Waals surface area contributed by atoms with E-state index in [1.165, 1.54) is 6.26 Å². The smallest absolute Gasteiger partial charge is 0.293 e. The number of hydrogen-bond acceptors (Lipinski definition) is 8. The van der Waals surface area contributed by atoms with Crippen LogP contribution in [0.4, 0.5) is 0 Å². The van der Waals surface area contributed by atoms with Gasteiger partial charge in [-0.25, -0.2) is 13.1 Å². The Labute approximate surface area is 210 Å². The van der Waals surface area contributed by atoms with E-state index in [4.69, 9.17) is 19.2 Å². The van der Waals surface area contributed by atoms with Crippen LogP contribution in [-0.4, -0.2) is 82.6 Å². The zero-order chi connectivity index (χ0) is 25.4. The Morgan fingerprint density at radius 3 is 2.60 bits per heavy atom. The van der Waals surface area contributed by atoms with Crippen LogP contribution >= 0.6 is 0 Å². The molecule has 1 aromatic heterocycles. The van der Waals surface area contributed by atoms with Gasteiger partial charge in [-0.05, 0) is 65.3 Å². The molecule has 0 aromatic carbocycles. The van der Waals surface area contributed by atoms with E-state index in [0.29, 0.717) is 31.6 Å². The van der Waals surface area contributed by atoms with Crippen molar-refractivity contribution in [1.29, 1.82) is 0 Å². The summed E-state index contributed by atoms with van der Waals surface area (Å²) >= 11 is 0. The first-order chi connectivity index (χ1) is 16.7. The number of ether oxygens (including phenoxy) is 3. The first-order valence-electron chi connectivity index (χ1n) is 12.6. The minimum Gasteiger partial charge on any atom is -0.497 e. The van der Waals surface area contributed by atoms with Crippen molar-refractivity contribution in [3.63, 3.8) is 0 Å². The van der Waals surface area contributed by atoms with E-state index in [-0.39, 0.29) is 18.2 Å². The standard InChI is InChI=1S/C25H41N3O6S/c1-18-13-24(27-35(4,30)31)25(28(18)2)16-34-21-10-8-19(9-11-21)23-15-22(32-3)14-20(26-23)7-5-6-12-33-17-29/h14-15,17-19,21,24-25,27H,5-13,16H2,1-4H3. The topological polar surface area (TPSA) is 107 Å². The van der Waals surface area contributed by atoms with E-state index in [1.54, 1.807) is 7.11 Å². The van der Waals surface area contributed by atoms with Gasteiger partial charge in [-0.1, -0.05) is 0 Å². The summed E-state index contributed by atoms with van der Waals surface area (Å²) in [4.78, 5) is 17.4. The Bertz CT molecular complexity index is 920. The maximum Gasteiger partial charge on any atom is 0.293 e.